The molecular formula is C47H33BN6OPt-2. The molecule has 10 rings (SSSR count). The van der Waals surface area contributed by atoms with Crippen LogP contribution in [0.5, 0.6) is 11.5 Å². The summed E-state index contributed by atoms with van der Waals surface area (Å²) in [6, 6.07) is 27.4. The van der Waals surface area contributed by atoms with Crippen LogP contribution in [-0.2, 0) is 19.4 Å². The summed E-state index contributed by atoms with van der Waals surface area (Å²) in [6.45, 7) is -1.91. The Labute approximate surface area is 354 Å². The molecule has 0 fully saturated rings. The number of para-hydroxylation sites is 3. The number of rotatable bonds is 7. The molecule has 56 heavy (non-hydrogen) atoms. The Morgan fingerprint density at radius 2 is 1.41 bits per heavy atom. The Morgan fingerprint density at radius 3 is 2.12 bits per heavy atom. The van der Waals surface area contributed by atoms with Crippen molar-refractivity contribution in [3.63, 3.8) is 0 Å². The summed E-state index contributed by atoms with van der Waals surface area (Å²) < 4.78 is 125. The van der Waals surface area contributed by atoms with Crippen molar-refractivity contribution >= 4 is 29.5 Å². The van der Waals surface area contributed by atoms with Gasteiger partial charge in [-0.1, -0.05) is 0 Å². The molecular weight excluding hydrogens is 870 g/mol. The molecule has 9 heteroatoms. The van der Waals surface area contributed by atoms with Crippen molar-refractivity contribution in [1.82, 2.24) is 23.8 Å². The minimum absolute atomic E-state index is 0.144. The molecule has 0 bridgehead atoms. The van der Waals surface area contributed by atoms with Crippen LogP contribution in [0.1, 0.15) is 23.4 Å². The summed E-state index contributed by atoms with van der Waals surface area (Å²) in [4.78, 5) is 6.15. The maximum atomic E-state index is 9.03. The van der Waals surface area contributed by atoms with Gasteiger partial charge in [-0.25, -0.2) is 0 Å². The fraction of sp³-hybridized carbons (Fsp3) is 0.0426. The van der Waals surface area contributed by atoms with E-state index in [1.807, 2.05) is 41.8 Å². The van der Waals surface area contributed by atoms with E-state index in [1.165, 1.54) is 4.59 Å². The van der Waals surface area contributed by atoms with Crippen molar-refractivity contribution in [3.05, 3.63) is 185 Å². The SMILES string of the molecule is [2H]c1c([2H])c([2H])c(-c2cccc(-c3c([2H])c([2H])c([2H])c([2H])c3[2H])c2-n2[c](=[Pt])n(-c3[c-]c(Oc4[c-]c5c(cc4)-c4ccnn4B(C([2H])([2H])[2H])N5c4cc(C)ccn4)ccc3)c3ccccc32)c([2H])c1[2H]. The second-order valence-corrected chi connectivity index (χ2v) is 13.8. The van der Waals surface area contributed by atoms with E-state index >= 15 is 0 Å². The maximum absolute atomic E-state index is 9.03. The van der Waals surface area contributed by atoms with Gasteiger partial charge in [-0.15, -0.1) is 0 Å². The fourth-order valence-electron chi connectivity index (χ4n) is 7.02. The van der Waals surface area contributed by atoms with E-state index in [4.69, 9.17) is 22.6 Å². The second kappa shape index (κ2) is 14.0. The number of ether oxygens (including phenoxy) is 1. The molecule has 1 aliphatic rings. The molecule has 0 aliphatic carbocycles. The summed E-state index contributed by atoms with van der Waals surface area (Å²) >= 11 is 2.10. The molecule has 0 radical (unpaired) electrons. The quantitative estimate of drug-likeness (QED) is 0.118. The van der Waals surface area contributed by atoms with E-state index in [1.54, 1.807) is 82.4 Å². The molecule has 4 heterocycles. The molecule has 7 nitrogen and oxygen atoms in total. The number of nitrogens with zero attached hydrogens (tertiary/aromatic N) is 6. The Kier molecular flexibility index (Phi) is 5.68. The van der Waals surface area contributed by atoms with Crippen molar-refractivity contribution < 1.29 is 41.9 Å². The number of fused-ring (bicyclic) bond motifs is 4. The van der Waals surface area contributed by atoms with Crippen molar-refractivity contribution in [2.45, 2.75) is 13.7 Å². The van der Waals surface area contributed by atoms with Gasteiger partial charge in [0.15, 0.2) is 0 Å². The van der Waals surface area contributed by atoms with Crippen molar-refractivity contribution in [3.8, 4) is 56.4 Å². The van der Waals surface area contributed by atoms with Gasteiger partial charge in [0.1, 0.15) is 0 Å². The van der Waals surface area contributed by atoms with Gasteiger partial charge in [0.05, 0.1) is 0 Å². The first-order valence-electron chi connectivity index (χ1n) is 23.9. The average molecular weight is 917 g/mol. The summed E-state index contributed by atoms with van der Waals surface area (Å²) in [5.74, 6) is 0.887. The van der Waals surface area contributed by atoms with Crippen LogP contribution in [0, 0.1) is 22.9 Å². The number of pyridine rings is 1. The first-order chi connectivity index (χ1) is 32.9. The average Bonchev–Trinajstić information content (AvgIpc) is 3.93. The number of hydrogen-bond donors (Lipinski definition) is 0. The predicted molar refractivity (Wildman–Crippen MR) is 220 cm³/mol. The van der Waals surface area contributed by atoms with Gasteiger partial charge in [-0.05, 0) is 18.6 Å². The number of imidazole rings is 1. The van der Waals surface area contributed by atoms with E-state index in [0.29, 0.717) is 43.3 Å². The summed E-state index contributed by atoms with van der Waals surface area (Å²) in [6.07, 6.45) is 3.16. The van der Waals surface area contributed by atoms with Gasteiger partial charge >= 0.3 is 315 Å². The zero-order valence-electron chi connectivity index (χ0n) is 42.3. The molecule has 9 aromatic rings. The Balaban J connectivity index is 1.16. The molecule has 6 aromatic carbocycles. The van der Waals surface area contributed by atoms with Gasteiger partial charge in [0.25, 0.3) is 0 Å². The van der Waals surface area contributed by atoms with Crippen LogP contribution in [0.2, 0.25) is 6.75 Å². The third-order valence-electron chi connectivity index (χ3n) is 9.43. The van der Waals surface area contributed by atoms with E-state index in [9.17, 15) is 0 Å². The van der Waals surface area contributed by atoms with Crippen LogP contribution in [0.4, 0.5) is 11.5 Å². The topological polar surface area (TPSA) is 53.0 Å². The summed E-state index contributed by atoms with van der Waals surface area (Å²) in [7, 11) is 0. The van der Waals surface area contributed by atoms with Crippen LogP contribution >= 0.6 is 0 Å². The molecule has 0 spiro atoms. The molecule has 0 atom stereocenters. The molecule has 0 saturated heterocycles. The molecule has 0 saturated carbocycles. The van der Waals surface area contributed by atoms with Crippen molar-refractivity contribution in [2.24, 2.45) is 0 Å². The van der Waals surface area contributed by atoms with Gasteiger partial charge in [0.2, 0.25) is 0 Å². The van der Waals surface area contributed by atoms with Gasteiger partial charge < -0.3 is 0 Å². The summed E-state index contributed by atoms with van der Waals surface area (Å²) in [5, 5.41) is 4.41. The van der Waals surface area contributed by atoms with E-state index < -0.39 is 74.2 Å². The number of hydrogen-bond acceptors (Lipinski definition) is 4. The summed E-state index contributed by atoms with van der Waals surface area (Å²) in [5.41, 5.74) is 4.34. The third-order valence-corrected chi connectivity index (χ3v) is 10.4. The molecule has 3 aromatic heterocycles. The monoisotopic (exact) mass is 916 g/mol. The van der Waals surface area contributed by atoms with Gasteiger partial charge in [0, 0.05) is 16.5 Å². The molecule has 0 N–H and O–H groups in total. The van der Waals surface area contributed by atoms with Crippen LogP contribution in [-0.4, -0.2) is 30.8 Å². The van der Waals surface area contributed by atoms with Gasteiger partial charge in [-0.2, -0.15) is 5.10 Å². The Bertz CT molecular complexity index is 3540. The first-order valence-corrected chi connectivity index (χ1v) is 18.5. The van der Waals surface area contributed by atoms with Crippen LogP contribution < -0.4 is 9.55 Å². The third kappa shape index (κ3) is 5.76. The second-order valence-electron chi connectivity index (χ2n) is 12.8. The van der Waals surface area contributed by atoms with Crippen molar-refractivity contribution in [1.29, 1.82) is 0 Å². The molecule has 272 valence electrons. The Morgan fingerprint density at radius 1 is 0.714 bits per heavy atom. The molecule has 0 unspecified atom stereocenters. The molecule has 0 amide bonds. The van der Waals surface area contributed by atoms with Crippen LogP contribution in [0.15, 0.2) is 164 Å². The number of benzene rings is 6. The fourth-order valence-corrected chi connectivity index (χ4v) is 8.10. The Hall–Kier alpha value is -6.50. The molecule has 1 aliphatic heterocycles. The van der Waals surface area contributed by atoms with Crippen LogP contribution in [0.25, 0.3) is 55.9 Å². The van der Waals surface area contributed by atoms with E-state index in [-0.39, 0.29) is 39.4 Å². The zero-order valence-corrected chi connectivity index (χ0v) is 31.6. The minimum atomic E-state index is -2.55. The normalized spacial score (nSPS) is 15.7. The standard InChI is InChI=1S/C47H33BN6O.Pt/c1-33-25-27-49-46(29-33)53-45-31-38(23-24-41(45)42-26-28-50-54(42)48(53)2)55-37-18-11-17-36(30-37)51-32-52(44-22-10-9-21-43(44)51)47-39(34-13-5-3-6-14-34)19-12-20-40(47)35-15-7-4-8-16-35;/h3-29H,1-2H3;/q-2;/i2D3,3D,4D,5D,6D,7D,8D,13D,14D,15D,16D;. The number of aromatic nitrogens is 5. The van der Waals surface area contributed by atoms with E-state index in [2.05, 4.69) is 41.6 Å². The van der Waals surface area contributed by atoms with Gasteiger partial charge in [-0.3, -0.25) is 0 Å². The predicted octanol–water partition coefficient (Wildman–Crippen LogP) is 10.9. The zero-order chi connectivity index (χ0) is 49.0. The first kappa shape index (κ1) is 22.8. The number of anilines is 2. The van der Waals surface area contributed by atoms with E-state index in [0.717, 1.165) is 5.56 Å². The number of aryl methyl sites for hydroxylation is 1. The van der Waals surface area contributed by atoms with Crippen LogP contribution in [0.3, 0.4) is 0 Å². The van der Waals surface area contributed by atoms with Crippen molar-refractivity contribution in [2.75, 3.05) is 4.81 Å².